The predicted molar refractivity (Wildman–Crippen MR) is 80.3 cm³/mol. The Hall–Kier alpha value is -2.61. The SMILES string of the molecule is CCOC(=O)CNC1COc2ccccc2N(CC(=O)O)C1=O. The summed E-state index contributed by atoms with van der Waals surface area (Å²) >= 11 is 0. The Morgan fingerprint density at radius 2 is 2.17 bits per heavy atom. The number of carbonyl (C=O) groups is 3. The standard InChI is InChI=1S/C15H18N2O6/c1-2-22-14(20)7-16-10-9-23-12-6-4-3-5-11(12)17(15(10)21)8-13(18)19/h3-6,10,16H,2,7-9H2,1H3,(H,18,19). The number of hydrogen-bond acceptors (Lipinski definition) is 6. The Bertz CT molecular complexity index is 603. The van der Waals surface area contributed by atoms with Crippen molar-refractivity contribution in [2.75, 3.05) is 31.2 Å². The molecule has 8 heteroatoms. The maximum atomic E-state index is 12.6. The Labute approximate surface area is 133 Å². The molecule has 8 nitrogen and oxygen atoms in total. The Balaban J connectivity index is 2.17. The molecule has 1 aliphatic rings. The highest BCUT2D eigenvalue weighted by atomic mass is 16.5. The first-order valence-electron chi connectivity index (χ1n) is 7.17. The number of carboxylic acid groups (broad SMARTS) is 1. The number of hydrogen-bond donors (Lipinski definition) is 2. The molecule has 0 fully saturated rings. The fraction of sp³-hybridized carbons (Fsp3) is 0.400. The number of fused-ring (bicyclic) bond motifs is 1. The number of benzene rings is 1. The zero-order valence-electron chi connectivity index (χ0n) is 12.7. The van der Waals surface area contributed by atoms with Crippen LogP contribution in [0.1, 0.15) is 6.92 Å². The summed E-state index contributed by atoms with van der Waals surface area (Å²) in [4.78, 5) is 36.2. The van der Waals surface area contributed by atoms with E-state index >= 15 is 0 Å². The van der Waals surface area contributed by atoms with Gasteiger partial charge in [0.2, 0.25) is 5.91 Å². The molecule has 1 amide bonds. The molecule has 1 heterocycles. The fourth-order valence-electron chi connectivity index (χ4n) is 2.22. The molecule has 2 rings (SSSR count). The highest BCUT2D eigenvalue weighted by molar-refractivity contribution is 6.02. The summed E-state index contributed by atoms with van der Waals surface area (Å²) < 4.78 is 10.4. The van der Waals surface area contributed by atoms with Gasteiger partial charge in [-0.25, -0.2) is 0 Å². The van der Waals surface area contributed by atoms with Gasteiger partial charge in [-0.1, -0.05) is 12.1 Å². The van der Waals surface area contributed by atoms with Crippen molar-refractivity contribution < 1.29 is 29.0 Å². The highest BCUT2D eigenvalue weighted by Crippen LogP contribution is 2.30. The van der Waals surface area contributed by atoms with Gasteiger partial charge in [-0.15, -0.1) is 0 Å². The third-order valence-corrected chi connectivity index (χ3v) is 3.22. The van der Waals surface area contributed by atoms with Gasteiger partial charge in [-0.3, -0.25) is 24.6 Å². The number of nitrogens with one attached hydrogen (secondary N) is 1. The molecular formula is C15H18N2O6. The van der Waals surface area contributed by atoms with Gasteiger partial charge in [0.25, 0.3) is 0 Å². The topological polar surface area (TPSA) is 105 Å². The molecule has 0 saturated carbocycles. The van der Waals surface area contributed by atoms with Gasteiger partial charge in [0.15, 0.2) is 0 Å². The van der Waals surface area contributed by atoms with E-state index in [0.29, 0.717) is 11.4 Å². The number of amides is 1. The zero-order chi connectivity index (χ0) is 16.8. The maximum absolute atomic E-state index is 12.6. The lowest BCUT2D eigenvalue weighted by Gasteiger charge is -2.22. The van der Waals surface area contributed by atoms with Crippen LogP contribution < -0.4 is 15.0 Å². The minimum atomic E-state index is -1.14. The number of nitrogens with zero attached hydrogens (tertiary/aromatic N) is 1. The summed E-state index contributed by atoms with van der Waals surface area (Å²) in [6.07, 6.45) is 0. The number of esters is 1. The first-order chi connectivity index (χ1) is 11.0. The van der Waals surface area contributed by atoms with E-state index in [0.717, 1.165) is 4.90 Å². The second-order valence-corrected chi connectivity index (χ2v) is 4.84. The van der Waals surface area contributed by atoms with Crippen LogP contribution in [0.25, 0.3) is 0 Å². The summed E-state index contributed by atoms with van der Waals surface area (Å²) in [5.41, 5.74) is 0.389. The van der Waals surface area contributed by atoms with Crippen molar-refractivity contribution in [1.29, 1.82) is 0 Å². The van der Waals surface area contributed by atoms with E-state index in [1.165, 1.54) is 0 Å². The van der Waals surface area contributed by atoms with Gasteiger partial charge in [0, 0.05) is 0 Å². The molecule has 1 atom stereocenters. The molecule has 0 aromatic heterocycles. The number of para-hydroxylation sites is 2. The molecule has 0 spiro atoms. The largest absolute Gasteiger partial charge is 0.489 e. The number of carboxylic acids is 1. The molecule has 0 saturated heterocycles. The minimum Gasteiger partial charge on any atom is -0.489 e. The van der Waals surface area contributed by atoms with Crippen LogP contribution in [0.15, 0.2) is 24.3 Å². The molecule has 23 heavy (non-hydrogen) atoms. The molecular weight excluding hydrogens is 304 g/mol. The summed E-state index contributed by atoms with van der Waals surface area (Å²) in [5.74, 6) is -1.68. The van der Waals surface area contributed by atoms with E-state index in [-0.39, 0.29) is 19.8 Å². The molecule has 1 unspecified atom stereocenters. The minimum absolute atomic E-state index is 0.00856. The van der Waals surface area contributed by atoms with Gasteiger partial charge in [0.1, 0.15) is 24.9 Å². The van der Waals surface area contributed by atoms with Crippen molar-refractivity contribution in [2.45, 2.75) is 13.0 Å². The summed E-state index contributed by atoms with van der Waals surface area (Å²) in [5, 5.41) is 11.8. The summed E-state index contributed by atoms with van der Waals surface area (Å²) in [6.45, 7) is 1.27. The van der Waals surface area contributed by atoms with Crippen molar-refractivity contribution in [3.05, 3.63) is 24.3 Å². The van der Waals surface area contributed by atoms with Crippen molar-refractivity contribution in [2.24, 2.45) is 0 Å². The lowest BCUT2D eigenvalue weighted by atomic mass is 10.2. The number of aliphatic carboxylic acids is 1. The highest BCUT2D eigenvalue weighted by Gasteiger charge is 2.32. The average molecular weight is 322 g/mol. The molecule has 0 bridgehead atoms. The molecule has 124 valence electrons. The predicted octanol–water partition coefficient (Wildman–Crippen LogP) is 0.0179. The number of carbonyl (C=O) groups excluding carboxylic acids is 2. The quantitative estimate of drug-likeness (QED) is 0.711. The lowest BCUT2D eigenvalue weighted by molar-refractivity contribution is -0.142. The van der Waals surface area contributed by atoms with Gasteiger partial charge >= 0.3 is 11.9 Å². The van der Waals surface area contributed by atoms with E-state index in [2.05, 4.69) is 5.32 Å². The van der Waals surface area contributed by atoms with Crippen molar-refractivity contribution >= 4 is 23.5 Å². The number of ether oxygens (including phenoxy) is 2. The van der Waals surface area contributed by atoms with E-state index in [1.54, 1.807) is 31.2 Å². The summed E-state index contributed by atoms with van der Waals surface area (Å²) in [6, 6.07) is 5.85. The first-order valence-corrected chi connectivity index (χ1v) is 7.17. The molecule has 0 aliphatic carbocycles. The third-order valence-electron chi connectivity index (χ3n) is 3.22. The molecule has 2 N–H and O–H groups in total. The van der Waals surface area contributed by atoms with Crippen LogP contribution in [0.4, 0.5) is 5.69 Å². The summed E-state index contributed by atoms with van der Waals surface area (Å²) in [7, 11) is 0. The first kappa shape index (κ1) is 16.8. The van der Waals surface area contributed by atoms with Crippen LogP contribution in [-0.2, 0) is 19.1 Å². The van der Waals surface area contributed by atoms with Gasteiger partial charge in [-0.05, 0) is 19.1 Å². The zero-order valence-corrected chi connectivity index (χ0v) is 12.7. The van der Waals surface area contributed by atoms with Crippen molar-refractivity contribution in [1.82, 2.24) is 5.32 Å². The van der Waals surface area contributed by atoms with E-state index in [1.807, 2.05) is 0 Å². The van der Waals surface area contributed by atoms with Crippen molar-refractivity contribution in [3.63, 3.8) is 0 Å². The van der Waals surface area contributed by atoms with Crippen LogP contribution in [0.5, 0.6) is 5.75 Å². The van der Waals surface area contributed by atoms with Gasteiger partial charge < -0.3 is 14.6 Å². The van der Waals surface area contributed by atoms with Crippen LogP contribution in [0, 0.1) is 0 Å². The number of rotatable bonds is 6. The lowest BCUT2D eigenvalue weighted by Crippen LogP contribution is -2.51. The van der Waals surface area contributed by atoms with Gasteiger partial charge in [0.05, 0.1) is 18.8 Å². The Morgan fingerprint density at radius 1 is 1.43 bits per heavy atom. The normalized spacial score (nSPS) is 17.0. The van der Waals surface area contributed by atoms with Crippen LogP contribution >= 0.6 is 0 Å². The fourth-order valence-corrected chi connectivity index (χ4v) is 2.22. The molecule has 0 radical (unpaired) electrons. The Kier molecular flexibility index (Phi) is 5.53. The van der Waals surface area contributed by atoms with E-state index in [4.69, 9.17) is 14.6 Å². The molecule has 1 aromatic carbocycles. The van der Waals surface area contributed by atoms with E-state index < -0.39 is 30.4 Å². The van der Waals surface area contributed by atoms with Crippen LogP contribution in [0.2, 0.25) is 0 Å². The molecule has 1 aliphatic heterocycles. The van der Waals surface area contributed by atoms with Crippen LogP contribution in [-0.4, -0.2) is 55.3 Å². The van der Waals surface area contributed by atoms with E-state index in [9.17, 15) is 14.4 Å². The Morgan fingerprint density at radius 3 is 2.87 bits per heavy atom. The molecule has 1 aromatic rings. The van der Waals surface area contributed by atoms with Crippen molar-refractivity contribution in [3.8, 4) is 5.75 Å². The number of anilines is 1. The smallest absolute Gasteiger partial charge is 0.323 e. The maximum Gasteiger partial charge on any atom is 0.323 e. The monoisotopic (exact) mass is 322 g/mol. The van der Waals surface area contributed by atoms with Gasteiger partial charge in [-0.2, -0.15) is 0 Å². The second-order valence-electron chi connectivity index (χ2n) is 4.84. The second kappa shape index (κ2) is 7.59. The average Bonchev–Trinajstić information content (AvgIpc) is 2.64. The van der Waals surface area contributed by atoms with Crippen LogP contribution in [0.3, 0.4) is 0 Å². The third kappa shape index (κ3) is 4.19.